The van der Waals surface area contributed by atoms with Crippen molar-refractivity contribution in [2.45, 2.75) is 6.61 Å². The zero-order valence-electron chi connectivity index (χ0n) is 8.68. The normalized spacial score (nSPS) is 9.87. The lowest BCUT2D eigenvalue weighted by molar-refractivity contribution is 0.305. The summed E-state index contributed by atoms with van der Waals surface area (Å²) in [6, 6.07) is 12.1. The molecule has 0 aliphatic rings. The lowest BCUT2D eigenvalue weighted by Gasteiger charge is -2.05. The first-order chi connectivity index (χ1) is 7.34. The van der Waals surface area contributed by atoms with Crippen LogP contribution in [0.15, 0.2) is 48.8 Å². The van der Waals surface area contributed by atoms with Gasteiger partial charge in [-0.1, -0.05) is 35.8 Å². The van der Waals surface area contributed by atoms with Crippen LogP contribution in [0.4, 0.5) is 0 Å². The van der Waals surface area contributed by atoms with Gasteiger partial charge in [-0.2, -0.15) is 0 Å². The lowest BCUT2D eigenvalue weighted by atomic mass is 9.99. The van der Waals surface area contributed by atoms with E-state index in [-0.39, 0.29) is 0 Å². The topological polar surface area (TPSA) is 22.1 Å². The molecule has 1 aromatic heterocycles. The van der Waals surface area contributed by atoms with Crippen molar-refractivity contribution < 1.29 is 4.74 Å². The number of pyridine rings is 1. The number of benzene rings is 1. The zero-order valence-corrected chi connectivity index (χ0v) is 8.68. The average molecular weight is 197 g/mol. The van der Waals surface area contributed by atoms with Crippen LogP contribution in [0, 0.1) is 0 Å². The number of rotatable bonds is 3. The third-order valence-electron chi connectivity index (χ3n) is 2.10. The van der Waals surface area contributed by atoms with Crippen molar-refractivity contribution in [3.63, 3.8) is 0 Å². The highest BCUT2D eigenvalue weighted by Gasteiger charge is 1.95. The average Bonchev–Trinajstić information content (AvgIpc) is 2.28. The second-order valence-corrected chi connectivity index (χ2v) is 3.47. The van der Waals surface area contributed by atoms with Gasteiger partial charge < -0.3 is 4.74 Å². The monoisotopic (exact) mass is 197 g/mol. The summed E-state index contributed by atoms with van der Waals surface area (Å²) in [5.74, 6) is 0.818. The van der Waals surface area contributed by atoms with Gasteiger partial charge >= 0.3 is 0 Å². The molecule has 0 atom stereocenters. The van der Waals surface area contributed by atoms with Crippen molar-refractivity contribution in [2.75, 3.05) is 0 Å². The Bertz CT molecular complexity index is 431. The molecule has 0 saturated carbocycles. The fraction of sp³-hybridized carbons (Fsp3) is 0.0833. The molecule has 0 spiro atoms. The quantitative estimate of drug-likeness (QED) is 0.682. The summed E-state index contributed by atoms with van der Waals surface area (Å²) < 4.78 is 5.61. The van der Waals surface area contributed by atoms with E-state index < -0.39 is 0 Å². The lowest BCUT2D eigenvalue weighted by Crippen LogP contribution is -2.04. The Labute approximate surface area is 90.3 Å². The number of aromatic nitrogens is 1. The van der Waals surface area contributed by atoms with E-state index in [1.165, 1.54) is 5.56 Å². The molecule has 0 saturated heterocycles. The van der Waals surface area contributed by atoms with E-state index in [0.29, 0.717) is 6.61 Å². The fourth-order valence-electron chi connectivity index (χ4n) is 1.35. The van der Waals surface area contributed by atoms with Crippen molar-refractivity contribution in [1.29, 1.82) is 0 Å². The standard InChI is InChI=1S/C12H12BNO/c13-11-6-12(8-14-7-11)15-9-10-4-2-1-3-5-10/h1-8H,9,13H2. The predicted octanol–water partition coefficient (Wildman–Crippen LogP) is 0.919. The SMILES string of the molecule is Bc1cncc(OCc2ccccc2)c1. The van der Waals surface area contributed by atoms with Gasteiger partial charge in [-0.3, -0.25) is 4.98 Å². The maximum Gasteiger partial charge on any atom is 0.141 e. The minimum absolute atomic E-state index is 0.589. The van der Waals surface area contributed by atoms with E-state index in [1.54, 1.807) is 6.20 Å². The van der Waals surface area contributed by atoms with Crippen LogP contribution in [0.5, 0.6) is 5.75 Å². The molecule has 74 valence electrons. The first-order valence-corrected chi connectivity index (χ1v) is 4.93. The molecule has 1 aromatic carbocycles. The van der Waals surface area contributed by atoms with Crippen molar-refractivity contribution >= 4 is 13.3 Å². The number of hydrogen-bond donors (Lipinski definition) is 0. The molecule has 0 aliphatic heterocycles. The van der Waals surface area contributed by atoms with Crippen molar-refractivity contribution in [3.8, 4) is 5.75 Å². The van der Waals surface area contributed by atoms with Crippen LogP contribution < -0.4 is 10.2 Å². The van der Waals surface area contributed by atoms with E-state index in [9.17, 15) is 0 Å². The van der Waals surface area contributed by atoms with Crippen LogP contribution >= 0.6 is 0 Å². The summed E-state index contributed by atoms with van der Waals surface area (Å²) in [4.78, 5) is 4.07. The maximum absolute atomic E-state index is 5.61. The Kier molecular flexibility index (Phi) is 3.03. The molecule has 1 heterocycles. The van der Waals surface area contributed by atoms with Gasteiger partial charge in [0.1, 0.15) is 20.2 Å². The summed E-state index contributed by atoms with van der Waals surface area (Å²) in [5.41, 5.74) is 2.28. The van der Waals surface area contributed by atoms with Crippen molar-refractivity contribution in [2.24, 2.45) is 0 Å². The van der Waals surface area contributed by atoms with E-state index in [0.717, 1.165) is 11.2 Å². The van der Waals surface area contributed by atoms with Crippen LogP contribution in [0.2, 0.25) is 0 Å². The summed E-state index contributed by atoms with van der Waals surface area (Å²) >= 11 is 0. The van der Waals surface area contributed by atoms with Gasteiger partial charge in [-0.25, -0.2) is 0 Å². The highest BCUT2D eigenvalue weighted by atomic mass is 16.5. The molecule has 0 fully saturated rings. The van der Waals surface area contributed by atoms with Gasteiger partial charge in [-0.15, -0.1) is 0 Å². The molecule has 2 aromatic rings. The molecule has 3 heteroatoms. The maximum atomic E-state index is 5.61. The fourth-order valence-corrected chi connectivity index (χ4v) is 1.35. The largest absolute Gasteiger partial charge is 0.487 e. The van der Waals surface area contributed by atoms with Gasteiger partial charge in [0.05, 0.1) is 6.20 Å². The van der Waals surface area contributed by atoms with Gasteiger partial charge in [0, 0.05) is 6.20 Å². The molecule has 15 heavy (non-hydrogen) atoms. The molecule has 0 N–H and O–H groups in total. The summed E-state index contributed by atoms with van der Waals surface area (Å²) in [5, 5.41) is 0. The highest BCUT2D eigenvalue weighted by molar-refractivity contribution is 6.32. The Hall–Kier alpha value is -1.77. The zero-order chi connectivity index (χ0) is 10.5. The molecule has 2 nitrogen and oxygen atoms in total. The first kappa shape index (κ1) is 9.78. The summed E-state index contributed by atoms with van der Waals surface area (Å²) in [6.07, 6.45) is 3.55. The Balaban J connectivity index is 1.99. The molecule has 0 bridgehead atoms. The molecule has 2 rings (SSSR count). The number of nitrogens with zero attached hydrogens (tertiary/aromatic N) is 1. The second kappa shape index (κ2) is 4.64. The molecule has 0 aliphatic carbocycles. The van der Waals surface area contributed by atoms with Crippen LogP contribution in [0.1, 0.15) is 5.56 Å². The number of hydrogen-bond acceptors (Lipinski definition) is 2. The van der Waals surface area contributed by atoms with Crippen LogP contribution in [0.25, 0.3) is 0 Å². The molecule has 0 radical (unpaired) electrons. The smallest absolute Gasteiger partial charge is 0.141 e. The molecular formula is C12H12BNO. The molecular weight excluding hydrogens is 185 g/mol. The van der Waals surface area contributed by atoms with E-state index in [2.05, 4.69) is 4.98 Å². The van der Waals surface area contributed by atoms with Gasteiger partial charge in [0.2, 0.25) is 0 Å². The van der Waals surface area contributed by atoms with Crippen LogP contribution in [-0.2, 0) is 6.61 Å². The highest BCUT2D eigenvalue weighted by Crippen LogP contribution is 2.08. The van der Waals surface area contributed by atoms with Gasteiger partial charge in [-0.05, 0) is 11.6 Å². The Morgan fingerprint density at radius 2 is 1.93 bits per heavy atom. The number of ether oxygens (including phenoxy) is 1. The summed E-state index contributed by atoms with van der Waals surface area (Å²) in [7, 11) is 2.00. The first-order valence-electron chi connectivity index (χ1n) is 4.93. The van der Waals surface area contributed by atoms with Crippen molar-refractivity contribution in [1.82, 2.24) is 4.98 Å². The van der Waals surface area contributed by atoms with E-state index in [1.807, 2.05) is 50.4 Å². The third-order valence-corrected chi connectivity index (χ3v) is 2.10. The molecule has 0 amide bonds. The molecule has 0 unspecified atom stereocenters. The van der Waals surface area contributed by atoms with E-state index >= 15 is 0 Å². The minimum atomic E-state index is 0.589. The minimum Gasteiger partial charge on any atom is -0.487 e. The van der Waals surface area contributed by atoms with Crippen molar-refractivity contribution in [3.05, 3.63) is 54.4 Å². The van der Waals surface area contributed by atoms with Crippen LogP contribution in [0.3, 0.4) is 0 Å². The van der Waals surface area contributed by atoms with Crippen LogP contribution in [-0.4, -0.2) is 12.8 Å². The van der Waals surface area contributed by atoms with Gasteiger partial charge in [0.15, 0.2) is 0 Å². The second-order valence-electron chi connectivity index (χ2n) is 3.47. The van der Waals surface area contributed by atoms with Gasteiger partial charge in [0.25, 0.3) is 0 Å². The Morgan fingerprint density at radius 1 is 1.13 bits per heavy atom. The predicted molar refractivity (Wildman–Crippen MR) is 63.2 cm³/mol. The summed E-state index contributed by atoms with van der Waals surface area (Å²) in [6.45, 7) is 0.589. The Morgan fingerprint density at radius 3 is 2.67 bits per heavy atom. The third kappa shape index (κ3) is 2.84. The van der Waals surface area contributed by atoms with E-state index in [4.69, 9.17) is 4.74 Å².